The van der Waals surface area contributed by atoms with Gasteiger partial charge in [0.25, 0.3) is 0 Å². The molecule has 0 bridgehead atoms. The molecule has 0 aromatic rings. The van der Waals surface area contributed by atoms with Crippen LogP contribution in [0, 0.1) is 0 Å². The first-order chi connectivity index (χ1) is 6.57. The zero-order valence-corrected chi connectivity index (χ0v) is 9.62. The number of rotatable bonds is 4. The van der Waals surface area contributed by atoms with Crippen molar-refractivity contribution in [3.63, 3.8) is 0 Å². The Morgan fingerprint density at radius 1 is 1.57 bits per heavy atom. The van der Waals surface area contributed by atoms with E-state index in [-0.39, 0.29) is 0 Å². The lowest BCUT2D eigenvalue weighted by atomic mass is 9.88. The topological polar surface area (TPSA) is 32.7 Å². The average Bonchev–Trinajstić information content (AvgIpc) is 2.13. The van der Waals surface area contributed by atoms with Crippen LogP contribution >= 0.6 is 0 Å². The van der Waals surface area contributed by atoms with Gasteiger partial charge in [-0.1, -0.05) is 6.92 Å². The van der Waals surface area contributed by atoms with E-state index in [1.165, 1.54) is 0 Å². The molecular formula is C11H23NO2. The van der Waals surface area contributed by atoms with Crippen molar-refractivity contribution >= 4 is 0 Å². The van der Waals surface area contributed by atoms with Crippen LogP contribution in [0.5, 0.6) is 0 Å². The van der Waals surface area contributed by atoms with Gasteiger partial charge < -0.3 is 14.7 Å². The molecule has 1 rings (SSSR count). The summed E-state index contributed by atoms with van der Waals surface area (Å²) in [5.74, 6) is 0. The summed E-state index contributed by atoms with van der Waals surface area (Å²) in [5.41, 5.74) is -0.582. The maximum Gasteiger partial charge on any atom is 0.0907 e. The Hall–Kier alpha value is -0.120. The summed E-state index contributed by atoms with van der Waals surface area (Å²) >= 11 is 0. The monoisotopic (exact) mass is 201 g/mol. The molecule has 0 aliphatic carbocycles. The normalized spacial score (nSPS) is 34.7. The Morgan fingerprint density at radius 3 is 2.86 bits per heavy atom. The van der Waals surface area contributed by atoms with Gasteiger partial charge in [0.05, 0.1) is 12.2 Å². The number of hydrogen-bond acceptors (Lipinski definition) is 3. The predicted molar refractivity (Wildman–Crippen MR) is 57.4 cm³/mol. The van der Waals surface area contributed by atoms with Gasteiger partial charge in [0, 0.05) is 19.2 Å². The lowest BCUT2D eigenvalue weighted by molar-refractivity contribution is -0.0908. The summed E-state index contributed by atoms with van der Waals surface area (Å²) < 4.78 is 5.44. The minimum Gasteiger partial charge on any atom is -0.387 e. The van der Waals surface area contributed by atoms with Crippen LogP contribution in [0.3, 0.4) is 0 Å². The lowest BCUT2D eigenvalue weighted by Gasteiger charge is -2.40. The van der Waals surface area contributed by atoms with Crippen LogP contribution < -0.4 is 0 Å². The molecule has 1 aliphatic heterocycles. The Bertz CT molecular complexity index is 175. The molecule has 84 valence electrons. The van der Waals surface area contributed by atoms with E-state index < -0.39 is 5.60 Å². The van der Waals surface area contributed by atoms with Crippen LogP contribution in [-0.2, 0) is 4.74 Å². The zero-order valence-electron chi connectivity index (χ0n) is 9.62. The third-order valence-electron chi connectivity index (χ3n) is 3.08. The number of nitrogens with zero attached hydrogens (tertiary/aromatic N) is 1. The van der Waals surface area contributed by atoms with Crippen LogP contribution in [0.15, 0.2) is 0 Å². The van der Waals surface area contributed by atoms with Gasteiger partial charge in [-0.15, -0.1) is 0 Å². The first kappa shape index (κ1) is 12.0. The Kier molecular flexibility index (Phi) is 4.35. The van der Waals surface area contributed by atoms with Crippen LogP contribution in [0.2, 0.25) is 0 Å². The molecule has 14 heavy (non-hydrogen) atoms. The third kappa shape index (κ3) is 3.23. The van der Waals surface area contributed by atoms with E-state index >= 15 is 0 Å². The largest absolute Gasteiger partial charge is 0.387 e. The van der Waals surface area contributed by atoms with Gasteiger partial charge >= 0.3 is 0 Å². The number of hydrogen-bond donors (Lipinski definition) is 1. The van der Waals surface area contributed by atoms with Crippen molar-refractivity contribution in [3.8, 4) is 0 Å². The second kappa shape index (κ2) is 5.10. The summed E-state index contributed by atoms with van der Waals surface area (Å²) in [6, 6.07) is 0.457. The Balaban J connectivity index is 2.34. The quantitative estimate of drug-likeness (QED) is 0.695. The number of piperidine rings is 1. The summed E-state index contributed by atoms with van der Waals surface area (Å²) in [6.45, 7) is 6.46. The van der Waals surface area contributed by atoms with E-state index in [0.717, 1.165) is 32.4 Å². The standard InChI is InChI=1S/C11H23NO2/c1-4-7-14-9-11(13)5-6-12(3)10(2)8-11/h10,13H,4-9H2,1-3H3. The zero-order chi connectivity index (χ0) is 10.6. The molecular weight excluding hydrogens is 178 g/mol. The van der Waals surface area contributed by atoms with E-state index in [1.54, 1.807) is 0 Å². The molecule has 1 N–H and O–H groups in total. The molecule has 1 heterocycles. The van der Waals surface area contributed by atoms with E-state index in [9.17, 15) is 5.11 Å². The maximum absolute atomic E-state index is 10.2. The van der Waals surface area contributed by atoms with Gasteiger partial charge in [-0.3, -0.25) is 0 Å². The van der Waals surface area contributed by atoms with E-state index in [0.29, 0.717) is 12.6 Å². The van der Waals surface area contributed by atoms with Crippen LogP contribution in [-0.4, -0.2) is 48.5 Å². The highest BCUT2D eigenvalue weighted by molar-refractivity contribution is 4.88. The smallest absolute Gasteiger partial charge is 0.0907 e. The van der Waals surface area contributed by atoms with Crippen molar-refractivity contribution in [1.29, 1.82) is 0 Å². The van der Waals surface area contributed by atoms with Gasteiger partial charge in [-0.25, -0.2) is 0 Å². The third-order valence-corrected chi connectivity index (χ3v) is 3.08. The Labute approximate surface area is 87.1 Å². The fraction of sp³-hybridized carbons (Fsp3) is 1.00. The fourth-order valence-corrected chi connectivity index (χ4v) is 1.95. The van der Waals surface area contributed by atoms with Gasteiger partial charge in [0.2, 0.25) is 0 Å². The first-order valence-corrected chi connectivity index (χ1v) is 5.58. The summed E-state index contributed by atoms with van der Waals surface area (Å²) in [7, 11) is 2.11. The molecule has 0 aromatic heterocycles. The molecule has 3 heteroatoms. The van der Waals surface area contributed by atoms with Crippen molar-refractivity contribution in [1.82, 2.24) is 4.90 Å². The van der Waals surface area contributed by atoms with Gasteiger partial charge in [-0.2, -0.15) is 0 Å². The first-order valence-electron chi connectivity index (χ1n) is 5.58. The summed E-state index contributed by atoms with van der Waals surface area (Å²) in [5, 5.41) is 10.2. The maximum atomic E-state index is 10.2. The number of aliphatic hydroxyl groups is 1. The fourth-order valence-electron chi connectivity index (χ4n) is 1.95. The average molecular weight is 201 g/mol. The summed E-state index contributed by atoms with van der Waals surface area (Å²) in [4.78, 5) is 2.29. The molecule has 0 amide bonds. The van der Waals surface area contributed by atoms with Crippen molar-refractivity contribution in [2.24, 2.45) is 0 Å². The summed E-state index contributed by atoms with van der Waals surface area (Å²) in [6.07, 6.45) is 2.68. The molecule has 0 saturated carbocycles. The van der Waals surface area contributed by atoms with Crippen molar-refractivity contribution in [2.75, 3.05) is 26.8 Å². The SMILES string of the molecule is CCCOCC1(O)CCN(C)C(C)C1. The minimum atomic E-state index is -0.582. The minimum absolute atomic E-state index is 0.457. The molecule has 1 saturated heterocycles. The second-order valence-electron chi connectivity index (χ2n) is 4.56. The van der Waals surface area contributed by atoms with Crippen LogP contribution in [0.1, 0.15) is 33.1 Å². The lowest BCUT2D eigenvalue weighted by Crippen LogP contribution is -2.50. The number of ether oxygens (including phenoxy) is 1. The highest BCUT2D eigenvalue weighted by Gasteiger charge is 2.35. The van der Waals surface area contributed by atoms with Gasteiger partial charge in [0.1, 0.15) is 0 Å². The molecule has 1 fully saturated rings. The molecule has 0 spiro atoms. The van der Waals surface area contributed by atoms with E-state index in [1.807, 2.05) is 0 Å². The molecule has 2 unspecified atom stereocenters. The predicted octanol–water partition coefficient (Wildman–Crippen LogP) is 1.26. The second-order valence-corrected chi connectivity index (χ2v) is 4.56. The Morgan fingerprint density at radius 2 is 2.29 bits per heavy atom. The van der Waals surface area contributed by atoms with Crippen molar-refractivity contribution in [2.45, 2.75) is 44.8 Å². The van der Waals surface area contributed by atoms with Gasteiger partial charge in [-0.05, 0) is 33.2 Å². The van der Waals surface area contributed by atoms with E-state index in [2.05, 4.69) is 25.8 Å². The molecule has 1 aliphatic rings. The van der Waals surface area contributed by atoms with Crippen LogP contribution in [0.4, 0.5) is 0 Å². The van der Waals surface area contributed by atoms with Gasteiger partial charge in [0.15, 0.2) is 0 Å². The van der Waals surface area contributed by atoms with Crippen LogP contribution in [0.25, 0.3) is 0 Å². The van der Waals surface area contributed by atoms with Crippen molar-refractivity contribution in [3.05, 3.63) is 0 Å². The number of likely N-dealkylation sites (tertiary alicyclic amines) is 1. The molecule has 3 nitrogen and oxygen atoms in total. The van der Waals surface area contributed by atoms with Crippen molar-refractivity contribution < 1.29 is 9.84 Å². The van der Waals surface area contributed by atoms with E-state index in [4.69, 9.17) is 4.74 Å². The highest BCUT2D eigenvalue weighted by atomic mass is 16.5. The molecule has 0 radical (unpaired) electrons. The highest BCUT2D eigenvalue weighted by Crippen LogP contribution is 2.26. The molecule has 2 atom stereocenters. The molecule has 0 aromatic carbocycles.